The highest BCUT2D eigenvalue weighted by Gasteiger charge is 2.23. The molecule has 1 aromatic carbocycles. The number of carbonyl (C=O) groups is 1. The lowest BCUT2D eigenvalue weighted by atomic mass is 10.0. The Morgan fingerprint density at radius 1 is 1.25 bits per heavy atom. The molecular formula is C19H28N2O3. The van der Waals surface area contributed by atoms with Crippen LogP contribution in [0.25, 0.3) is 0 Å². The van der Waals surface area contributed by atoms with Crippen LogP contribution in [0, 0.1) is 5.92 Å². The van der Waals surface area contributed by atoms with Gasteiger partial charge in [0.05, 0.1) is 12.7 Å². The molecule has 24 heavy (non-hydrogen) atoms. The van der Waals surface area contributed by atoms with Gasteiger partial charge in [-0.3, -0.25) is 0 Å². The van der Waals surface area contributed by atoms with Gasteiger partial charge in [0, 0.05) is 25.1 Å². The van der Waals surface area contributed by atoms with Gasteiger partial charge in [-0.05, 0) is 56.7 Å². The summed E-state index contributed by atoms with van der Waals surface area (Å²) in [6.07, 6.45) is 6.26. The molecule has 1 aliphatic carbocycles. The fourth-order valence-corrected chi connectivity index (χ4v) is 3.39. The van der Waals surface area contributed by atoms with Crippen molar-refractivity contribution in [3.05, 3.63) is 29.8 Å². The van der Waals surface area contributed by atoms with Gasteiger partial charge >= 0.3 is 6.03 Å². The van der Waals surface area contributed by atoms with Crippen LogP contribution >= 0.6 is 0 Å². The van der Waals surface area contributed by atoms with E-state index in [1.165, 1.54) is 12.8 Å². The van der Waals surface area contributed by atoms with E-state index in [1.807, 2.05) is 31.2 Å². The molecule has 0 bridgehead atoms. The first kappa shape index (κ1) is 17.1. The van der Waals surface area contributed by atoms with Gasteiger partial charge in [0.15, 0.2) is 0 Å². The summed E-state index contributed by atoms with van der Waals surface area (Å²) in [6.45, 7) is 4.09. The Balaban J connectivity index is 1.39. The highest BCUT2D eigenvalue weighted by atomic mass is 16.5. The van der Waals surface area contributed by atoms with E-state index in [0.29, 0.717) is 18.6 Å². The van der Waals surface area contributed by atoms with Gasteiger partial charge in [-0.1, -0.05) is 12.1 Å². The maximum Gasteiger partial charge on any atom is 0.315 e. The Labute approximate surface area is 144 Å². The molecule has 2 N–H and O–H groups in total. The lowest BCUT2D eigenvalue weighted by Gasteiger charge is -2.19. The maximum absolute atomic E-state index is 12.0. The molecule has 5 nitrogen and oxygen atoms in total. The average Bonchev–Trinajstić information content (AvgIpc) is 3.28. The van der Waals surface area contributed by atoms with E-state index >= 15 is 0 Å². The molecule has 1 aromatic rings. The minimum Gasteiger partial charge on any atom is -0.490 e. The Morgan fingerprint density at radius 3 is 2.67 bits per heavy atom. The van der Waals surface area contributed by atoms with Crippen LogP contribution in [0.4, 0.5) is 4.79 Å². The fourth-order valence-electron chi connectivity index (χ4n) is 3.39. The van der Waals surface area contributed by atoms with Crippen molar-refractivity contribution < 1.29 is 14.3 Å². The standard InChI is InChI=1S/C19H28N2O3/c1-14(16-10-11-23-13-16)21-19(22)20-12-15-6-8-18(9-7-15)24-17-4-2-3-5-17/h6-9,14,16-17H,2-5,10-13H2,1H3,(H2,20,21,22). The Bertz CT molecular complexity index is 520. The summed E-state index contributed by atoms with van der Waals surface area (Å²) in [5, 5.41) is 5.91. The van der Waals surface area contributed by atoms with Crippen LogP contribution in [0.15, 0.2) is 24.3 Å². The molecule has 2 atom stereocenters. The maximum atomic E-state index is 12.0. The van der Waals surface area contributed by atoms with Crippen molar-refractivity contribution in [1.82, 2.24) is 10.6 Å². The van der Waals surface area contributed by atoms with Crippen LogP contribution in [-0.4, -0.2) is 31.4 Å². The minimum atomic E-state index is -0.124. The van der Waals surface area contributed by atoms with Crippen LogP contribution < -0.4 is 15.4 Å². The van der Waals surface area contributed by atoms with Crippen molar-refractivity contribution in [1.29, 1.82) is 0 Å². The Hall–Kier alpha value is -1.75. The normalized spacial score (nSPS) is 22.3. The van der Waals surface area contributed by atoms with Crippen molar-refractivity contribution in [2.75, 3.05) is 13.2 Å². The van der Waals surface area contributed by atoms with Gasteiger partial charge in [0.1, 0.15) is 5.75 Å². The quantitative estimate of drug-likeness (QED) is 0.841. The number of benzene rings is 1. The largest absolute Gasteiger partial charge is 0.490 e. The molecule has 0 radical (unpaired) electrons. The lowest BCUT2D eigenvalue weighted by molar-refractivity contribution is 0.178. The second kappa shape index (κ2) is 8.38. The predicted molar refractivity (Wildman–Crippen MR) is 93.1 cm³/mol. The minimum absolute atomic E-state index is 0.124. The van der Waals surface area contributed by atoms with Crippen LogP contribution in [0.1, 0.15) is 44.6 Å². The Kier molecular flexibility index (Phi) is 5.96. The molecule has 1 saturated carbocycles. The summed E-state index contributed by atoms with van der Waals surface area (Å²) < 4.78 is 11.3. The van der Waals surface area contributed by atoms with Crippen LogP contribution in [0.3, 0.4) is 0 Å². The summed E-state index contributed by atoms with van der Waals surface area (Å²) in [5.41, 5.74) is 1.07. The van der Waals surface area contributed by atoms with E-state index in [4.69, 9.17) is 9.47 Å². The van der Waals surface area contributed by atoms with Gasteiger partial charge in [-0.2, -0.15) is 0 Å². The summed E-state index contributed by atoms with van der Waals surface area (Å²) >= 11 is 0. The number of hydrogen-bond acceptors (Lipinski definition) is 3. The van der Waals surface area contributed by atoms with E-state index in [2.05, 4.69) is 10.6 Å². The molecule has 5 heteroatoms. The first-order valence-corrected chi connectivity index (χ1v) is 9.08. The third-order valence-corrected chi connectivity index (χ3v) is 5.01. The zero-order valence-electron chi connectivity index (χ0n) is 14.4. The van der Waals surface area contributed by atoms with Gasteiger partial charge in [0.25, 0.3) is 0 Å². The zero-order valence-corrected chi connectivity index (χ0v) is 14.4. The second-order valence-corrected chi connectivity index (χ2v) is 6.91. The van der Waals surface area contributed by atoms with Crippen LogP contribution in [-0.2, 0) is 11.3 Å². The molecule has 0 spiro atoms. The first-order chi connectivity index (χ1) is 11.7. The fraction of sp³-hybridized carbons (Fsp3) is 0.632. The van der Waals surface area contributed by atoms with Crippen molar-refractivity contribution in [2.45, 2.75) is 57.7 Å². The summed E-state index contributed by atoms with van der Waals surface area (Å²) in [5.74, 6) is 1.34. The second-order valence-electron chi connectivity index (χ2n) is 6.91. The first-order valence-electron chi connectivity index (χ1n) is 9.08. The highest BCUT2D eigenvalue weighted by molar-refractivity contribution is 5.74. The molecule has 1 heterocycles. The summed E-state index contributed by atoms with van der Waals surface area (Å²) in [6, 6.07) is 8.02. The average molecular weight is 332 g/mol. The number of carbonyl (C=O) groups excluding carboxylic acids is 1. The molecule has 132 valence electrons. The third kappa shape index (κ3) is 4.87. The molecule has 2 amide bonds. The Morgan fingerprint density at radius 2 is 2.00 bits per heavy atom. The van der Waals surface area contributed by atoms with Gasteiger partial charge < -0.3 is 20.1 Å². The number of hydrogen-bond donors (Lipinski definition) is 2. The van der Waals surface area contributed by atoms with Crippen molar-refractivity contribution in [3.63, 3.8) is 0 Å². The SMILES string of the molecule is CC(NC(=O)NCc1ccc(OC2CCCC2)cc1)C1CCOC1. The summed E-state index contributed by atoms with van der Waals surface area (Å²) in [4.78, 5) is 12.0. The molecule has 1 aliphatic heterocycles. The van der Waals surface area contributed by atoms with Gasteiger partial charge in [0.2, 0.25) is 0 Å². The van der Waals surface area contributed by atoms with Crippen LogP contribution in [0.5, 0.6) is 5.75 Å². The molecule has 3 rings (SSSR count). The molecule has 0 aromatic heterocycles. The van der Waals surface area contributed by atoms with E-state index < -0.39 is 0 Å². The smallest absolute Gasteiger partial charge is 0.315 e. The van der Waals surface area contributed by atoms with E-state index in [1.54, 1.807) is 0 Å². The van der Waals surface area contributed by atoms with Gasteiger partial charge in [-0.25, -0.2) is 4.79 Å². The summed E-state index contributed by atoms with van der Waals surface area (Å²) in [7, 11) is 0. The monoisotopic (exact) mass is 332 g/mol. The molecule has 1 saturated heterocycles. The van der Waals surface area contributed by atoms with E-state index in [-0.39, 0.29) is 12.1 Å². The number of ether oxygens (including phenoxy) is 2. The number of urea groups is 1. The molecule has 2 aliphatic rings. The number of rotatable bonds is 6. The molecule has 2 fully saturated rings. The predicted octanol–water partition coefficient (Wildman–Crippen LogP) is 3.23. The van der Waals surface area contributed by atoms with Gasteiger partial charge in [-0.15, -0.1) is 0 Å². The topological polar surface area (TPSA) is 59.6 Å². The van der Waals surface area contributed by atoms with E-state index in [0.717, 1.165) is 43.8 Å². The van der Waals surface area contributed by atoms with E-state index in [9.17, 15) is 4.79 Å². The zero-order chi connectivity index (χ0) is 16.8. The third-order valence-electron chi connectivity index (χ3n) is 5.01. The van der Waals surface area contributed by atoms with Crippen molar-refractivity contribution in [3.8, 4) is 5.75 Å². The number of nitrogens with one attached hydrogen (secondary N) is 2. The van der Waals surface area contributed by atoms with Crippen molar-refractivity contribution in [2.24, 2.45) is 5.92 Å². The molecule has 2 unspecified atom stereocenters. The number of amides is 2. The lowest BCUT2D eigenvalue weighted by Crippen LogP contribution is -2.44. The van der Waals surface area contributed by atoms with Crippen molar-refractivity contribution >= 4 is 6.03 Å². The molecular weight excluding hydrogens is 304 g/mol. The highest BCUT2D eigenvalue weighted by Crippen LogP contribution is 2.24. The van der Waals surface area contributed by atoms with Crippen LogP contribution in [0.2, 0.25) is 0 Å².